The van der Waals surface area contributed by atoms with Crippen molar-refractivity contribution < 1.29 is 19.4 Å². The quantitative estimate of drug-likeness (QED) is 0.351. The fraction of sp³-hybridized carbons (Fsp3) is 0.176. The second kappa shape index (κ2) is 8.79. The fourth-order valence-electron chi connectivity index (χ4n) is 1.89. The van der Waals surface area contributed by atoms with Crippen molar-refractivity contribution in [2.24, 2.45) is 10.2 Å². The summed E-state index contributed by atoms with van der Waals surface area (Å²) in [5, 5.41) is 17.6. The van der Waals surface area contributed by atoms with E-state index in [9.17, 15) is 14.7 Å². The first-order valence-corrected chi connectivity index (χ1v) is 7.79. The minimum Gasteiger partial charge on any atom is -0.492 e. The standard InChI is InChI=1S/C17H16ClN3O4/c1-2-25-16(23)11-21-7-5-12(6-8-21)17(24)20-19-10-13-9-14(18)3-4-15(13)22/h3-10,24H,2,11H2,1H3/b13-10-,20-19?. The Hall–Kier alpha value is -2.93. The van der Waals surface area contributed by atoms with E-state index >= 15 is 0 Å². The number of rotatable bonds is 5. The number of aliphatic hydroxyl groups is 1. The maximum absolute atomic E-state index is 11.6. The molecule has 0 atom stereocenters. The predicted molar refractivity (Wildman–Crippen MR) is 92.3 cm³/mol. The average Bonchev–Trinajstić information content (AvgIpc) is 2.58. The molecule has 0 radical (unpaired) electrons. The summed E-state index contributed by atoms with van der Waals surface area (Å²) < 4.78 is 4.85. The first-order chi connectivity index (χ1) is 12.0. The van der Waals surface area contributed by atoms with Crippen LogP contribution in [0.5, 0.6) is 0 Å². The molecule has 0 unspecified atom stereocenters. The number of azo groups is 1. The molecule has 0 saturated carbocycles. The van der Waals surface area contributed by atoms with Crippen molar-refractivity contribution in [3.8, 4) is 0 Å². The molecule has 0 aromatic rings. The van der Waals surface area contributed by atoms with Gasteiger partial charge in [0.2, 0.25) is 5.88 Å². The van der Waals surface area contributed by atoms with Crippen LogP contribution in [0.3, 0.4) is 0 Å². The van der Waals surface area contributed by atoms with Crippen molar-refractivity contribution in [3.05, 3.63) is 71.0 Å². The second-order valence-corrected chi connectivity index (χ2v) is 5.35. The Morgan fingerprint density at radius 2 is 2.04 bits per heavy atom. The number of ether oxygens (including phenoxy) is 1. The zero-order chi connectivity index (χ0) is 18.2. The second-order valence-electron chi connectivity index (χ2n) is 4.91. The molecule has 7 nitrogen and oxygen atoms in total. The minimum absolute atomic E-state index is 0.0746. The summed E-state index contributed by atoms with van der Waals surface area (Å²) in [7, 11) is 0. The molecule has 0 aromatic heterocycles. The van der Waals surface area contributed by atoms with Crippen molar-refractivity contribution in [2.75, 3.05) is 13.2 Å². The molecule has 25 heavy (non-hydrogen) atoms. The van der Waals surface area contributed by atoms with Gasteiger partial charge in [-0.15, -0.1) is 5.11 Å². The van der Waals surface area contributed by atoms with E-state index in [0.29, 0.717) is 17.2 Å². The van der Waals surface area contributed by atoms with Gasteiger partial charge in [-0.1, -0.05) is 11.6 Å². The Morgan fingerprint density at radius 3 is 2.72 bits per heavy atom. The number of nitrogens with zero attached hydrogens (tertiary/aromatic N) is 3. The van der Waals surface area contributed by atoms with Gasteiger partial charge in [0.15, 0.2) is 5.78 Å². The van der Waals surface area contributed by atoms with Gasteiger partial charge in [0.05, 0.1) is 12.8 Å². The van der Waals surface area contributed by atoms with E-state index in [4.69, 9.17) is 16.3 Å². The molecule has 2 aliphatic rings. The molecule has 0 amide bonds. The molecule has 130 valence electrons. The number of esters is 1. The third kappa shape index (κ3) is 5.58. The minimum atomic E-state index is -0.349. The Labute approximate surface area is 149 Å². The summed E-state index contributed by atoms with van der Waals surface area (Å²) in [6.07, 6.45) is 11.8. The maximum Gasteiger partial charge on any atom is 0.325 e. The summed E-state index contributed by atoms with van der Waals surface area (Å²) in [6.45, 7) is 2.13. The van der Waals surface area contributed by atoms with Crippen molar-refractivity contribution in [1.82, 2.24) is 4.90 Å². The maximum atomic E-state index is 11.6. The number of aliphatic hydroxyl groups excluding tert-OH is 1. The van der Waals surface area contributed by atoms with E-state index in [2.05, 4.69) is 10.2 Å². The summed E-state index contributed by atoms with van der Waals surface area (Å²) in [5.41, 5.74) is 0.676. The van der Waals surface area contributed by atoms with E-state index in [0.717, 1.165) is 0 Å². The summed E-state index contributed by atoms with van der Waals surface area (Å²) in [5.74, 6) is -0.922. The molecule has 0 bridgehead atoms. The van der Waals surface area contributed by atoms with Crippen molar-refractivity contribution in [1.29, 1.82) is 0 Å². The highest BCUT2D eigenvalue weighted by Crippen LogP contribution is 2.17. The summed E-state index contributed by atoms with van der Waals surface area (Å²) in [4.78, 5) is 24.6. The van der Waals surface area contributed by atoms with Gasteiger partial charge in [0.25, 0.3) is 0 Å². The first-order valence-electron chi connectivity index (χ1n) is 7.41. The highest BCUT2D eigenvalue weighted by molar-refractivity contribution is 6.33. The molecule has 8 heteroatoms. The molecule has 1 N–H and O–H groups in total. The topological polar surface area (TPSA) is 91.6 Å². The third-order valence-corrected chi connectivity index (χ3v) is 3.32. The molecule has 1 aliphatic heterocycles. The van der Waals surface area contributed by atoms with Gasteiger partial charge in [0.1, 0.15) is 6.54 Å². The zero-order valence-electron chi connectivity index (χ0n) is 13.4. The lowest BCUT2D eigenvalue weighted by molar-refractivity contribution is -0.143. The molecule has 1 heterocycles. The van der Waals surface area contributed by atoms with Crippen molar-refractivity contribution >= 4 is 23.4 Å². The van der Waals surface area contributed by atoms with Crippen LogP contribution in [-0.4, -0.2) is 34.9 Å². The zero-order valence-corrected chi connectivity index (χ0v) is 14.2. The number of halogens is 1. The van der Waals surface area contributed by atoms with Gasteiger partial charge >= 0.3 is 5.97 Å². The molecule has 0 spiro atoms. The van der Waals surface area contributed by atoms with Gasteiger partial charge in [-0.05, 0) is 37.3 Å². The van der Waals surface area contributed by atoms with Gasteiger partial charge in [-0.25, -0.2) is 0 Å². The van der Waals surface area contributed by atoms with Gasteiger partial charge < -0.3 is 14.7 Å². The molecule has 1 aliphatic carbocycles. The predicted octanol–water partition coefficient (Wildman–Crippen LogP) is 3.26. The monoisotopic (exact) mass is 361 g/mol. The normalized spacial score (nSPS) is 18.2. The van der Waals surface area contributed by atoms with E-state index in [1.165, 1.54) is 24.4 Å². The fourth-order valence-corrected chi connectivity index (χ4v) is 2.07. The Bertz CT molecular complexity index is 757. The Balaban J connectivity index is 2.00. The van der Waals surface area contributed by atoms with Crippen molar-refractivity contribution in [2.45, 2.75) is 6.92 Å². The third-order valence-electron chi connectivity index (χ3n) is 3.09. The highest BCUT2D eigenvalue weighted by atomic mass is 35.5. The SMILES string of the molecule is CCOC(=O)CN1C=CC(=C(O)N=N/C=C2/C=C(Cl)C=CC2=O)C=C1. The number of ketones is 1. The van der Waals surface area contributed by atoms with E-state index in [1.807, 2.05) is 0 Å². The van der Waals surface area contributed by atoms with Crippen LogP contribution in [0.4, 0.5) is 0 Å². The number of hydrogen-bond acceptors (Lipinski definition) is 7. The first kappa shape index (κ1) is 18.4. The highest BCUT2D eigenvalue weighted by Gasteiger charge is 2.10. The smallest absolute Gasteiger partial charge is 0.325 e. The molecule has 0 aromatic carbocycles. The lowest BCUT2D eigenvalue weighted by atomic mass is 10.1. The van der Waals surface area contributed by atoms with Crippen LogP contribution in [0, 0.1) is 0 Å². The number of carbonyl (C=O) groups is 2. The molecular weight excluding hydrogens is 346 g/mol. The van der Waals surface area contributed by atoms with Crippen LogP contribution in [0.15, 0.2) is 81.3 Å². The lowest BCUT2D eigenvalue weighted by Crippen LogP contribution is -2.23. The van der Waals surface area contributed by atoms with Gasteiger partial charge in [0, 0.05) is 28.6 Å². The summed E-state index contributed by atoms with van der Waals surface area (Å²) in [6, 6.07) is 0. The van der Waals surface area contributed by atoms with Crippen LogP contribution in [0.25, 0.3) is 0 Å². The number of carbonyl (C=O) groups excluding carboxylic acids is 2. The summed E-state index contributed by atoms with van der Waals surface area (Å²) >= 11 is 5.80. The largest absolute Gasteiger partial charge is 0.492 e. The molecular formula is C17H16ClN3O4. The average molecular weight is 362 g/mol. The van der Waals surface area contributed by atoms with Gasteiger partial charge in [-0.2, -0.15) is 5.11 Å². The van der Waals surface area contributed by atoms with Crippen molar-refractivity contribution in [3.63, 3.8) is 0 Å². The lowest BCUT2D eigenvalue weighted by Gasteiger charge is -2.17. The van der Waals surface area contributed by atoms with Crippen LogP contribution in [0.1, 0.15) is 6.92 Å². The van der Waals surface area contributed by atoms with E-state index in [1.54, 1.807) is 36.4 Å². The molecule has 0 saturated heterocycles. The van der Waals surface area contributed by atoms with E-state index in [-0.39, 0.29) is 29.8 Å². The van der Waals surface area contributed by atoms with Gasteiger partial charge in [-0.3, -0.25) is 9.59 Å². The molecule has 2 rings (SSSR count). The van der Waals surface area contributed by atoms with Crippen LogP contribution in [-0.2, 0) is 14.3 Å². The van der Waals surface area contributed by atoms with E-state index < -0.39 is 0 Å². The Kier molecular flexibility index (Phi) is 6.47. The van der Waals surface area contributed by atoms with Crippen LogP contribution in [0.2, 0.25) is 0 Å². The Morgan fingerprint density at radius 1 is 1.32 bits per heavy atom. The molecule has 0 fully saturated rings. The van der Waals surface area contributed by atoms with Crippen LogP contribution < -0.4 is 0 Å². The van der Waals surface area contributed by atoms with Crippen LogP contribution >= 0.6 is 11.6 Å². The number of hydrogen-bond donors (Lipinski definition) is 1. The number of allylic oxidation sites excluding steroid dienone is 8.